The molecule has 1 aromatic heterocycles. The van der Waals surface area contributed by atoms with E-state index in [-0.39, 0.29) is 17.8 Å². The first-order valence-electron chi connectivity index (χ1n) is 10.6. The summed E-state index contributed by atoms with van der Waals surface area (Å²) in [7, 11) is 0. The number of H-pyrrole nitrogens is 1. The molecule has 0 aliphatic carbocycles. The summed E-state index contributed by atoms with van der Waals surface area (Å²) in [6.45, 7) is 5.97. The molecule has 0 bridgehead atoms. The fourth-order valence-corrected chi connectivity index (χ4v) is 4.14. The average molecular weight is 418 g/mol. The Hall–Kier alpha value is -3.41. The average Bonchev–Trinajstić information content (AvgIpc) is 3.32. The molecule has 31 heavy (non-hydrogen) atoms. The van der Waals surface area contributed by atoms with Crippen LogP contribution in [0.25, 0.3) is 11.1 Å². The number of nitrogens with zero attached hydrogens (tertiary/aromatic N) is 1. The lowest BCUT2D eigenvalue weighted by atomic mass is 9.95. The van der Waals surface area contributed by atoms with E-state index in [9.17, 15) is 9.59 Å². The molecule has 1 atom stereocenters. The fraction of sp³-hybridized carbons (Fsp3) is 0.320. The van der Waals surface area contributed by atoms with E-state index < -0.39 is 0 Å². The van der Waals surface area contributed by atoms with Crippen LogP contribution in [-0.2, 0) is 17.6 Å². The number of aromatic amines is 1. The second-order valence-corrected chi connectivity index (χ2v) is 8.08. The van der Waals surface area contributed by atoms with Crippen molar-refractivity contribution in [3.8, 4) is 16.9 Å². The number of rotatable bonds is 7. The van der Waals surface area contributed by atoms with E-state index in [1.165, 1.54) is 0 Å². The van der Waals surface area contributed by atoms with Gasteiger partial charge >= 0.3 is 0 Å². The maximum absolute atomic E-state index is 12.3. The third-order valence-electron chi connectivity index (χ3n) is 5.83. The van der Waals surface area contributed by atoms with Crippen molar-refractivity contribution in [1.29, 1.82) is 0 Å². The number of nitrogens with one attached hydrogen (secondary N) is 2. The number of carbonyl (C=O) groups is 2. The zero-order valence-electron chi connectivity index (χ0n) is 18.1. The summed E-state index contributed by atoms with van der Waals surface area (Å²) in [6.07, 6.45) is 1.73. The summed E-state index contributed by atoms with van der Waals surface area (Å²) in [6, 6.07) is 13.7. The lowest BCUT2D eigenvalue weighted by molar-refractivity contribution is -0.121. The maximum Gasteiger partial charge on any atom is 0.220 e. The summed E-state index contributed by atoms with van der Waals surface area (Å²) in [4.78, 5) is 24.3. The highest BCUT2D eigenvalue weighted by Gasteiger charge is 2.24. The Bertz CT molecular complexity index is 1110. The van der Waals surface area contributed by atoms with Gasteiger partial charge in [0.15, 0.2) is 5.78 Å². The van der Waals surface area contributed by atoms with Crippen molar-refractivity contribution in [2.24, 2.45) is 0 Å². The molecule has 0 radical (unpaired) electrons. The first-order chi connectivity index (χ1) is 14.9. The molecule has 1 aliphatic heterocycles. The van der Waals surface area contributed by atoms with Gasteiger partial charge in [0.1, 0.15) is 11.9 Å². The maximum atomic E-state index is 12.3. The van der Waals surface area contributed by atoms with Gasteiger partial charge < -0.3 is 10.1 Å². The molecule has 1 amide bonds. The van der Waals surface area contributed by atoms with Crippen LogP contribution in [0.4, 0.5) is 0 Å². The largest absolute Gasteiger partial charge is 0.488 e. The lowest BCUT2D eigenvalue weighted by Gasteiger charge is -2.12. The zero-order valence-corrected chi connectivity index (χ0v) is 18.1. The number of aromatic nitrogens is 2. The number of hydrogen-bond acceptors (Lipinski definition) is 4. The number of benzene rings is 2. The Balaban J connectivity index is 1.35. The normalized spacial score (nSPS) is 14.7. The number of Topliss-reactive ketones (excluding diaryl/α,β-unsaturated/α-hetero) is 1. The number of fused-ring (bicyclic) bond motifs is 1. The molecule has 0 unspecified atom stereocenters. The minimum Gasteiger partial charge on any atom is -0.488 e. The predicted molar refractivity (Wildman–Crippen MR) is 119 cm³/mol. The lowest BCUT2D eigenvalue weighted by Crippen LogP contribution is -2.34. The van der Waals surface area contributed by atoms with Gasteiger partial charge in [-0.25, -0.2) is 0 Å². The standard InChI is InChI=1S/C25H27N3O3/c1-15-21(16(2)28-27-15)9-11-25(30)26-14-20-13-19-12-18(8-10-24(19)31-20)23-7-5-4-6-22(23)17(3)29/h4-8,10,12,20H,9,11,13-14H2,1-3H3,(H,26,30)(H,27,28)/t20-/m0/s1. The van der Waals surface area contributed by atoms with Crippen molar-refractivity contribution < 1.29 is 14.3 Å². The molecular formula is C25H27N3O3. The number of ether oxygens (including phenoxy) is 1. The molecule has 4 rings (SSSR count). The molecule has 6 nitrogen and oxygen atoms in total. The van der Waals surface area contributed by atoms with Gasteiger partial charge in [-0.1, -0.05) is 30.3 Å². The Morgan fingerprint density at radius 3 is 2.74 bits per heavy atom. The van der Waals surface area contributed by atoms with Crippen molar-refractivity contribution in [2.45, 2.75) is 46.1 Å². The number of carbonyl (C=O) groups excluding carboxylic acids is 2. The molecule has 6 heteroatoms. The van der Waals surface area contributed by atoms with Crippen LogP contribution in [0.2, 0.25) is 0 Å². The molecule has 0 spiro atoms. The monoisotopic (exact) mass is 417 g/mol. The van der Waals surface area contributed by atoms with Gasteiger partial charge in [-0.2, -0.15) is 5.10 Å². The SMILES string of the molecule is CC(=O)c1ccccc1-c1ccc2c(c1)C[C@@H](CNC(=O)CCc1c(C)n[nH]c1C)O2. The van der Waals surface area contributed by atoms with Crippen LogP contribution < -0.4 is 10.1 Å². The summed E-state index contributed by atoms with van der Waals surface area (Å²) < 4.78 is 6.02. The van der Waals surface area contributed by atoms with Crippen LogP contribution in [-0.4, -0.2) is 34.5 Å². The number of ketones is 1. The molecule has 160 valence electrons. The Morgan fingerprint density at radius 1 is 1.19 bits per heavy atom. The number of hydrogen-bond donors (Lipinski definition) is 2. The van der Waals surface area contributed by atoms with Gasteiger partial charge in [-0.3, -0.25) is 14.7 Å². The molecule has 3 aromatic rings. The molecule has 2 aromatic carbocycles. The predicted octanol–water partition coefficient (Wildman–Crippen LogP) is 3.95. The number of aryl methyl sites for hydroxylation is 2. The van der Waals surface area contributed by atoms with E-state index in [4.69, 9.17) is 4.74 Å². The van der Waals surface area contributed by atoms with Gasteiger partial charge in [-0.05, 0) is 61.6 Å². The smallest absolute Gasteiger partial charge is 0.220 e. The van der Waals surface area contributed by atoms with Crippen LogP contribution in [0.1, 0.15) is 46.2 Å². The molecule has 0 saturated carbocycles. The van der Waals surface area contributed by atoms with Crippen LogP contribution in [0.3, 0.4) is 0 Å². The highest BCUT2D eigenvalue weighted by molar-refractivity contribution is 6.00. The van der Waals surface area contributed by atoms with E-state index in [0.717, 1.165) is 45.8 Å². The third kappa shape index (κ3) is 4.53. The van der Waals surface area contributed by atoms with E-state index in [2.05, 4.69) is 21.6 Å². The van der Waals surface area contributed by atoms with Crippen LogP contribution in [0, 0.1) is 13.8 Å². The van der Waals surface area contributed by atoms with E-state index in [1.54, 1.807) is 6.92 Å². The van der Waals surface area contributed by atoms with E-state index in [0.29, 0.717) is 24.9 Å². The summed E-state index contributed by atoms with van der Waals surface area (Å²) in [5.74, 6) is 0.900. The molecule has 0 fully saturated rings. The van der Waals surface area contributed by atoms with Crippen LogP contribution in [0.5, 0.6) is 5.75 Å². The first kappa shape index (κ1) is 20.8. The van der Waals surface area contributed by atoms with Gasteiger partial charge in [0.05, 0.1) is 12.2 Å². The van der Waals surface area contributed by atoms with E-state index >= 15 is 0 Å². The molecule has 2 heterocycles. The van der Waals surface area contributed by atoms with Crippen molar-refractivity contribution in [3.05, 3.63) is 70.5 Å². The van der Waals surface area contributed by atoms with Gasteiger partial charge in [-0.15, -0.1) is 0 Å². The molecular weight excluding hydrogens is 390 g/mol. The van der Waals surface area contributed by atoms with Crippen LogP contribution >= 0.6 is 0 Å². The molecule has 0 saturated heterocycles. The third-order valence-corrected chi connectivity index (χ3v) is 5.83. The van der Waals surface area contributed by atoms with Crippen molar-refractivity contribution in [3.63, 3.8) is 0 Å². The second kappa shape index (κ2) is 8.76. The number of amides is 1. The Labute approximate surface area is 182 Å². The summed E-state index contributed by atoms with van der Waals surface area (Å²) in [5.41, 5.74) is 6.82. The van der Waals surface area contributed by atoms with Gasteiger partial charge in [0.25, 0.3) is 0 Å². The topological polar surface area (TPSA) is 84.1 Å². The minimum atomic E-state index is -0.0883. The Morgan fingerprint density at radius 2 is 2.00 bits per heavy atom. The van der Waals surface area contributed by atoms with Crippen molar-refractivity contribution in [1.82, 2.24) is 15.5 Å². The molecule has 2 N–H and O–H groups in total. The van der Waals surface area contributed by atoms with Crippen molar-refractivity contribution in [2.75, 3.05) is 6.54 Å². The van der Waals surface area contributed by atoms with E-state index in [1.807, 2.05) is 50.2 Å². The van der Waals surface area contributed by atoms with Gasteiger partial charge in [0, 0.05) is 24.1 Å². The Kier molecular flexibility index (Phi) is 5.89. The highest BCUT2D eigenvalue weighted by Crippen LogP contribution is 2.34. The van der Waals surface area contributed by atoms with Gasteiger partial charge in [0.2, 0.25) is 5.91 Å². The quantitative estimate of drug-likeness (QED) is 0.570. The summed E-state index contributed by atoms with van der Waals surface area (Å²) in [5, 5.41) is 10.1. The second-order valence-electron chi connectivity index (χ2n) is 8.08. The first-order valence-corrected chi connectivity index (χ1v) is 10.6. The van der Waals surface area contributed by atoms with Crippen molar-refractivity contribution >= 4 is 11.7 Å². The molecule has 1 aliphatic rings. The zero-order chi connectivity index (χ0) is 22.0. The fourth-order valence-electron chi connectivity index (χ4n) is 4.14. The summed E-state index contributed by atoms with van der Waals surface area (Å²) >= 11 is 0. The minimum absolute atomic E-state index is 0.00984. The van der Waals surface area contributed by atoms with Crippen LogP contribution in [0.15, 0.2) is 42.5 Å². The highest BCUT2D eigenvalue weighted by atomic mass is 16.5.